The van der Waals surface area contributed by atoms with Gasteiger partial charge in [-0.25, -0.2) is 4.79 Å². The molecule has 3 atom stereocenters. The first kappa shape index (κ1) is 28.0. The molecule has 2 aliphatic rings. The topological polar surface area (TPSA) is 127 Å². The third-order valence-corrected chi connectivity index (χ3v) is 8.43. The molecule has 2 aromatic carbocycles. The zero-order chi connectivity index (χ0) is 29.2. The van der Waals surface area contributed by atoms with Crippen LogP contribution in [0.3, 0.4) is 0 Å². The Morgan fingerprint density at radius 2 is 1.86 bits per heavy atom. The molecule has 4 heterocycles. The minimum Gasteiger partial charge on any atom is -0.464 e. The van der Waals surface area contributed by atoms with Crippen molar-refractivity contribution >= 4 is 27.9 Å². The summed E-state index contributed by atoms with van der Waals surface area (Å²) in [5.41, 5.74) is 2.25. The predicted molar refractivity (Wildman–Crippen MR) is 157 cm³/mol. The highest BCUT2D eigenvalue weighted by Gasteiger charge is 2.40. The molecular formula is C32H35N3O7. The monoisotopic (exact) mass is 573 g/mol. The molecule has 0 radical (unpaired) electrons. The third kappa shape index (κ3) is 5.16. The van der Waals surface area contributed by atoms with Gasteiger partial charge in [0.25, 0.3) is 5.91 Å². The number of aromatic nitrogens is 2. The lowest BCUT2D eigenvalue weighted by molar-refractivity contribution is -0.170. The quantitative estimate of drug-likeness (QED) is 0.326. The Balaban J connectivity index is 1.29. The number of hydrogen-bond donors (Lipinski definition) is 2. The Morgan fingerprint density at radius 3 is 2.64 bits per heavy atom. The van der Waals surface area contributed by atoms with Crippen LogP contribution in [-0.4, -0.2) is 58.1 Å². The van der Waals surface area contributed by atoms with Crippen molar-refractivity contribution < 1.29 is 23.8 Å². The molecule has 6 rings (SSSR count). The van der Waals surface area contributed by atoms with Crippen LogP contribution in [0.1, 0.15) is 50.1 Å². The molecule has 0 saturated carbocycles. The molecule has 0 aliphatic carbocycles. The van der Waals surface area contributed by atoms with E-state index in [1.807, 2.05) is 37.3 Å². The number of fused-ring (bicyclic) bond motifs is 2. The fraction of sp³-hybridized carbons (Fsp3) is 0.406. The number of aliphatic hydroxyl groups is 1. The lowest BCUT2D eigenvalue weighted by Crippen LogP contribution is -2.44. The second-order valence-electron chi connectivity index (χ2n) is 10.9. The number of aliphatic hydroxyl groups excluding tert-OH is 1. The van der Waals surface area contributed by atoms with Crippen LogP contribution >= 0.6 is 0 Å². The molecule has 0 bridgehead atoms. The maximum absolute atomic E-state index is 13.8. The van der Waals surface area contributed by atoms with E-state index in [-0.39, 0.29) is 41.4 Å². The summed E-state index contributed by atoms with van der Waals surface area (Å²) in [4.78, 5) is 44.8. The zero-order valence-electron chi connectivity index (χ0n) is 23.5. The Hall–Kier alpha value is -4.15. The summed E-state index contributed by atoms with van der Waals surface area (Å²) in [6, 6.07) is 14.6. The van der Waals surface area contributed by atoms with Crippen LogP contribution in [0.4, 0.5) is 0 Å². The van der Waals surface area contributed by atoms with Crippen molar-refractivity contribution in [3.05, 3.63) is 92.9 Å². The van der Waals surface area contributed by atoms with Gasteiger partial charge < -0.3 is 28.9 Å². The van der Waals surface area contributed by atoms with E-state index in [0.717, 1.165) is 11.0 Å². The number of hydrogen-bond acceptors (Lipinski definition) is 7. The first-order valence-electron chi connectivity index (χ1n) is 14.6. The summed E-state index contributed by atoms with van der Waals surface area (Å²) >= 11 is 0. The number of carbonyl (C=O) groups is 1. The Labute approximate surface area is 242 Å². The Bertz CT molecular complexity index is 1730. The molecule has 2 N–H and O–H groups in total. The molecule has 42 heavy (non-hydrogen) atoms. The van der Waals surface area contributed by atoms with E-state index in [9.17, 15) is 19.5 Å². The summed E-state index contributed by atoms with van der Waals surface area (Å²) in [5, 5.41) is 10.0. The molecule has 1 fully saturated rings. The first-order valence-corrected chi connectivity index (χ1v) is 14.6. The van der Waals surface area contributed by atoms with Crippen molar-refractivity contribution in [3.63, 3.8) is 0 Å². The van der Waals surface area contributed by atoms with Crippen LogP contribution < -0.4 is 11.1 Å². The molecule has 0 spiro atoms. The van der Waals surface area contributed by atoms with Crippen LogP contribution in [0, 0.1) is 5.92 Å². The number of imidazole rings is 1. The highest BCUT2D eigenvalue weighted by molar-refractivity contribution is 5.92. The van der Waals surface area contributed by atoms with Crippen molar-refractivity contribution in [3.8, 4) is 0 Å². The van der Waals surface area contributed by atoms with Gasteiger partial charge in [-0.05, 0) is 62.9 Å². The Kier molecular flexibility index (Phi) is 7.99. The first-order chi connectivity index (χ1) is 20.5. The van der Waals surface area contributed by atoms with Gasteiger partial charge in [0, 0.05) is 49.7 Å². The summed E-state index contributed by atoms with van der Waals surface area (Å²) in [5.74, 6) is -0.963. The number of para-hydroxylation sites is 3. The fourth-order valence-corrected chi connectivity index (χ4v) is 6.36. The van der Waals surface area contributed by atoms with Crippen molar-refractivity contribution in [2.75, 3.05) is 26.3 Å². The number of nitrogens with one attached hydrogen (secondary N) is 1. The minimum atomic E-state index is -0.774. The smallest absolute Gasteiger partial charge is 0.326 e. The van der Waals surface area contributed by atoms with E-state index >= 15 is 0 Å². The maximum atomic E-state index is 13.8. The van der Waals surface area contributed by atoms with E-state index in [1.165, 1.54) is 6.26 Å². The van der Waals surface area contributed by atoms with Gasteiger partial charge in [-0.1, -0.05) is 24.3 Å². The highest BCUT2D eigenvalue weighted by atomic mass is 16.7. The number of H-pyrrole nitrogens is 1. The fourth-order valence-electron chi connectivity index (χ4n) is 6.36. The molecule has 2 aliphatic heterocycles. The normalized spacial score (nSPS) is 21.4. The Morgan fingerprint density at radius 1 is 1.10 bits per heavy atom. The van der Waals surface area contributed by atoms with Crippen molar-refractivity contribution in [2.45, 2.75) is 50.9 Å². The van der Waals surface area contributed by atoms with E-state index in [4.69, 9.17) is 13.9 Å². The number of benzene rings is 2. The average molecular weight is 574 g/mol. The summed E-state index contributed by atoms with van der Waals surface area (Å²) in [6.45, 7) is 3.09. The molecule has 10 heteroatoms. The van der Waals surface area contributed by atoms with Crippen molar-refractivity contribution in [2.24, 2.45) is 5.92 Å². The van der Waals surface area contributed by atoms with Gasteiger partial charge in [-0.3, -0.25) is 14.2 Å². The van der Waals surface area contributed by atoms with Crippen LogP contribution in [-0.2, 0) is 14.3 Å². The van der Waals surface area contributed by atoms with Crippen molar-refractivity contribution in [1.29, 1.82) is 0 Å². The van der Waals surface area contributed by atoms with Gasteiger partial charge in [0.15, 0.2) is 11.2 Å². The number of ether oxygens (including phenoxy) is 2. The number of piperidine rings is 1. The van der Waals surface area contributed by atoms with E-state index < -0.39 is 12.2 Å². The van der Waals surface area contributed by atoms with E-state index in [1.54, 1.807) is 33.7 Å². The molecule has 2 aromatic heterocycles. The van der Waals surface area contributed by atoms with Crippen LogP contribution in [0.2, 0.25) is 0 Å². The SMILES string of the molecule is CCO[C@H]1OC(C(=O)N2CCC(n3c(=O)[nH]c4ccccc43)CC2)=C[C@@H](c2coc3ccccc3c2=O)[C@@H]1CCCO. The average Bonchev–Trinajstić information content (AvgIpc) is 3.36. The molecular weight excluding hydrogens is 538 g/mol. The van der Waals surface area contributed by atoms with Gasteiger partial charge in [0.05, 0.1) is 22.7 Å². The van der Waals surface area contributed by atoms with Gasteiger partial charge >= 0.3 is 5.69 Å². The zero-order valence-corrected chi connectivity index (χ0v) is 23.5. The molecule has 1 amide bonds. The molecule has 1 saturated heterocycles. The van der Waals surface area contributed by atoms with Gasteiger partial charge in [-0.2, -0.15) is 0 Å². The summed E-state index contributed by atoms with van der Waals surface area (Å²) < 4.78 is 19.8. The minimum absolute atomic E-state index is 0.0155. The third-order valence-electron chi connectivity index (χ3n) is 8.43. The lowest BCUT2D eigenvalue weighted by Gasteiger charge is -2.38. The standard InChI is InChI=1S/C32H35N3O7/c1-2-40-31-21(9-7-17-36)23(24-19-41-27-12-6-3-8-22(27)29(24)37)18-28(42-31)30(38)34-15-13-20(14-16-34)35-26-11-5-4-10-25(26)33-32(35)39/h3-6,8,10-12,18-21,23,31,36H,2,7,9,13-17H2,1H3,(H,33,39)/t21-,23+,31-/m0/s1. The number of amides is 1. The molecule has 0 unspecified atom stereocenters. The number of rotatable bonds is 8. The van der Waals surface area contributed by atoms with Crippen molar-refractivity contribution in [1.82, 2.24) is 14.5 Å². The van der Waals surface area contributed by atoms with E-state index in [2.05, 4.69) is 4.98 Å². The molecule has 4 aromatic rings. The number of allylic oxidation sites excluding steroid dienone is 1. The second kappa shape index (κ2) is 12.0. The number of likely N-dealkylation sites (tertiary alicyclic amines) is 1. The summed E-state index contributed by atoms with van der Waals surface area (Å²) in [7, 11) is 0. The molecule has 220 valence electrons. The number of carbonyl (C=O) groups excluding carboxylic acids is 1. The number of aromatic amines is 1. The highest BCUT2D eigenvalue weighted by Crippen LogP contribution is 2.39. The maximum Gasteiger partial charge on any atom is 0.326 e. The summed E-state index contributed by atoms with van der Waals surface area (Å²) in [6.07, 6.45) is 4.67. The van der Waals surface area contributed by atoms with Gasteiger partial charge in [0.2, 0.25) is 6.29 Å². The van der Waals surface area contributed by atoms with Gasteiger partial charge in [0.1, 0.15) is 5.58 Å². The molecule has 10 nitrogen and oxygen atoms in total. The van der Waals surface area contributed by atoms with Crippen LogP contribution in [0.15, 0.2) is 80.6 Å². The van der Waals surface area contributed by atoms with Gasteiger partial charge in [-0.15, -0.1) is 0 Å². The van der Waals surface area contributed by atoms with Crippen LogP contribution in [0.5, 0.6) is 0 Å². The van der Waals surface area contributed by atoms with Crippen LogP contribution in [0.25, 0.3) is 22.0 Å². The predicted octanol–water partition coefficient (Wildman–Crippen LogP) is 4.05. The van der Waals surface area contributed by atoms with E-state index in [0.29, 0.717) is 61.9 Å². The number of nitrogens with zero attached hydrogens (tertiary/aromatic N) is 2. The second-order valence-corrected chi connectivity index (χ2v) is 10.9. The largest absolute Gasteiger partial charge is 0.464 e. The lowest BCUT2D eigenvalue weighted by atomic mass is 9.80.